The molecular weight excluding hydrogens is 182 g/mol. The normalized spacial score (nSPS) is 21.4. The van der Waals surface area contributed by atoms with Gasteiger partial charge in [0.2, 0.25) is 0 Å². The van der Waals surface area contributed by atoms with Crippen molar-refractivity contribution in [1.29, 1.82) is 0 Å². The molecule has 0 heterocycles. The highest BCUT2D eigenvalue weighted by Crippen LogP contribution is 2.33. The van der Waals surface area contributed by atoms with Crippen LogP contribution in [0.5, 0.6) is 0 Å². The van der Waals surface area contributed by atoms with Crippen molar-refractivity contribution < 1.29 is 0 Å². The van der Waals surface area contributed by atoms with Crippen LogP contribution in [-0.2, 0) is 6.42 Å². The lowest BCUT2D eigenvalue weighted by Gasteiger charge is -2.19. The average Bonchev–Trinajstić information content (AvgIpc) is 2.63. The maximum Gasteiger partial charge on any atom is 0.0328 e. The highest BCUT2D eigenvalue weighted by Gasteiger charge is 2.23. The molecule has 2 unspecified atom stereocenters. The van der Waals surface area contributed by atoms with Crippen molar-refractivity contribution in [2.75, 3.05) is 0 Å². The standard InChI is InChI=1S/C14H21N/c1-4-11(3)15-14-9-8-12-10(2)6-5-7-13(12)14/h5-7,11,14-15H,4,8-9H2,1-3H3. The Balaban J connectivity index is 2.18. The van der Waals surface area contributed by atoms with E-state index in [0.29, 0.717) is 12.1 Å². The van der Waals surface area contributed by atoms with Gasteiger partial charge in [0.1, 0.15) is 0 Å². The number of hydrogen-bond donors (Lipinski definition) is 1. The van der Waals surface area contributed by atoms with Crippen molar-refractivity contribution in [2.24, 2.45) is 0 Å². The van der Waals surface area contributed by atoms with Gasteiger partial charge in [-0.25, -0.2) is 0 Å². The van der Waals surface area contributed by atoms with Crippen LogP contribution in [0, 0.1) is 6.92 Å². The van der Waals surface area contributed by atoms with E-state index in [9.17, 15) is 0 Å². The SMILES string of the molecule is CCC(C)NC1CCc2c(C)cccc21. The molecular formula is C14H21N. The lowest BCUT2D eigenvalue weighted by atomic mass is 10.0. The molecule has 0 radical (unpaired) electrons. The Morgan fingerprint density at radius 3 is 3.00 bits per heavy atom. The van der Waals surface area contributed by atoms with Gasteiger partial charge in [-0.2, -0.15) is 0 Å². The summed E-state index contributed by atoms with van der Waals surface area (Å²) in [7, 11) is 0. The zero-order valence-electron chi connectivity index (χ0n) is 10.0. The quantitative estimate of drug-likeness (QED) is 0.794. The number of aryl methyl sites for hydroxylation is 1. The Bertz CT molecular complexity index is 343. The van der Waals surface area contributed by atoms with Crippen molar-refractivity contribution in [1.82, 2.24) is 5.32 Å². The van der Waals surface area contributed by atoms with Crippen LogP contribution in [0.3, 0.4) is 0 Å². The van der Waals surface area contributed by atoms with E-state index in [4.69, 9.17) is 0 Å². The van der Waals surface area contributed by atoms with E-state index in [1.807, 2.05) is 0 Å². The van der Waals surface area contributed by atoms with Gasteiger partial charge in [-0.1, -0.05) is 25.1 Å². The molecule has 1 heteroatoms. The van der Waals surface area contributed by atoms with Crippen molar-refractivity contribution in [3.8, 4) is 0 Å². The van der Waals surface area contributed by atoms with E-state index in [1.54, 1.807) is 5.56 Å². The first-order chi connectivity index (χ1) is 7.22. The molecule has 0 fully saturated rings. The van der Waals surface area contributed by atoms with Gasteiger partial charge in [0.25, 0.3) is 0 Å². The second-order valence-corrected chi connectivity index (χ2v) is 4.71. The van der Waals surface area contributed by atoms with Crippen LogP contribution in [0.1, 0.15) is 49.4 Å². The molecule has 2 rings (SSSR count). The lowest BCUT2D eigenvalue weighted by molar-refractivity contribution is 0.445. The number of hydrogen-bond acceptors (Lipinski definition) is 1. The van der Waals surface area contributed by atoms with E-state index in [2.05, 4.69) is 44.3 Å². The summed E-state index contributed by atoms with van der Waals surface area (Å²) in [5, 5.41) is 3.71. The van der Waals surface area contributed by atoms with E-state index in [1.165, 1.54) is 30.4 Å². The molecule has 0 aromatic heterocycles. The molecule has 15 heavy (non-hydrogen) atoms. The highest BCUT2D eigenvalue weighted by atomic mass is 14.9. The van der Waals surface area contributed by atoms with Crippen LogP contribution < -0.4 is 5.32 Å². The maximum atomic E-state index is 3.71. The molecule has 1 nitrogen and oxygen atoms in total. The minimum atomic E-state index is 0.592. The Hall–Kier alpha value is -0.820. The fourth-order valence-electron chi connectivity index (χ4n) is 2.47. The molecule has 1 N–H and O–H groups in total. The van der Waals surface area contributed by atoms with Crippen LogP contribution >= 0.6 is 0 Å². The molecule has 1 aliphatic carbocycles. The van der Waals surface area contributed by atoms with Gasteiger partial charge in [-0.05, 0) is 49.8 Å². The molecule has 1 aliphatic rings. The third-order valence-electron chi connectivity index (χ3n) is 3.60. The zero-order valence-corrected chi connectivity index (χ0v) is 10.0. The number of nitrogens with one attached hydrogen (secondary N) is 1. The average molecular weight is 203 g/mol. The summed E-state index contributed by atoms with van der Waals surface area (Å²) in [5.74, 6) is 0. The highest BCUT2D eigenvalue weighted by molar-refractivity contribution is 5.40. The molecule has 0 saturated carbocycles. The molecule has 0 spiro atoms. The first kappa shape index (κ1) is 10.7. The van der Waals surface area contributed by atoms with Gasteiger partial charge in [0.15, 0.2) is 0 Å². The van der Waals surface area contributed by atoms with Crippen molar-refractivity contribution >= 4 is 0 Å². The topological polar surface area (TPSA) is 12.0 Å². The third-order valence-corrected chi connectivity index (χ3v) is 3.60. The first-order valence-electron chi connectivity index (χ1n) is 6.06. The summed E-state index contributed by atoms with van der Waals surface area (Å²) in [4.78, 5) is 0. The van der Waals surface area contributed by atoms with Gasteiger partial charge in [-0.3, -0.25) is 0 Å². The Morgan fingerprint density at radius 2 is 2.27 bits per heavy atom. The molecule has 0 saturated heterocycles. The second kappa shape index (κ2) is 4.36. The van der Waals surface area contributed by atoms with Crippen LogP contribution in [0.15, 0.2) is 18.2 Å². The van der Waals surface area contributed by atoms with Gasteiger partial charge >= 0.3 is 0 Å². The second-order valence-electron chi connectivity index (χ2n) is 4.71. The Morgan fingerprint density at radius 1 is 1.47 bits per heavy atom. The van der Waals surface area contributed by atoms with E-state index in [-0.39, 0.29) is 0 Å². The predicted octanol–water partition coefficient (Wildman–Crippen LogP) is 3.37. The number of fused-ring (bicyclic) bond motifs is 1. The molecule has 0 bridgehead atoms. The summed E-state index contributed by atoms with van der Waals surface area (Å²) in [6.07, 6.45) is 3.72. The predicted molar refractivity (Wildman–Crippen MR) is 65.1 cm³/mol. The summed E-state index contributed by atoms with van der Waals surface area (Å²) in [6, 6.07) is 7.92. The van der Waals surface area contributed by atoms with Gasteiger partial charge < -0.3 is 5.32 Å². The minimum absolute atomic E-state index is 0.592. The smallest absolute Gasteiger partial charge is 0.0328 e. The van der Waals surface area contributed by atoms with Crippen molar-refractivity contribution in [2.45, 2.75) is 52.1 Å². The summed E-state index contributed by atoms with van der Waals surface area (Å²) in [6.45, 7) is 6.74. The van der Waals surface area contributed by atoms with E-state index in [0.717, 1.165) is 0 Å². The monoisotopic (exact) mass is 203 g/mol. The van der Waals surface area contributed by atoms with E-state index >= 15 is 0 Å². The van der Waals surface area contributed by atoms with Gasteiger partial charge in [0, 0.05) is 12.1 Å². The molecule has 1 aromatic rings. The largest absolute Gasteiger partial charge is 0.307 e. The number of rotatable bonds is 3. The first-order valence-corrected chi connectivity index (χ1v) is 6.06. The third kappa shape index (κ3) is 2.07. The van der Waals surface area contributed by atoms with Crippen LogP contribution in [0.4, 0.5) is 0 Å². The van der Waals surface area contributed by atoms with Crippen molar-refractivity contribution in [3.63, 3.8) is 0 Å². The Kier molecular flexibility index (Phi) is 3.11. The Labute approximate surface area is 92.9 Å². The molecule has 82 valence electrons. The molecule has 0 aliphatic heterocycles. The van der Waals surface area contributed by atoms with Gasteiger partial charge in [0.05, 0.1) is 0 Å². The summed E-state index contributed by atoms with van der Waals surface area (Å²) >= 11 is 0. The van der Waals surface area contributed by atoms with Gasteiger partial charge in [-0.15, -0.1) is 0 Å². The van der Waals surface area contributed by atoms with Crippen LogP contribution in [0.2, 0.25) is 0 Å². The molecule has 0 amide bonds. The van der Waals surface area contributed by atoms with Crippen molar-refractivity contribution in [3.05, 3.63) is 34.9 Å². The number of benzene rings is 1. The summed E-state index contributed by atoms with van der Waals surface area (Å²) < 4.78 is 0. The lowest BCUT2D eigenvalue weighted by Crippen LogP contribution is -2.28. The van der Waals surface area contributed by atoms with Crippen LogP contribution in [-0.4, -0.2) is 6.04 Å². The maximum absolute atomic E-state index is 3.71. The minimum Gasteiger partial charge on any atom is -0.307 e. The molecule has 2 atom stereocenters. The van der Waals surface area contributed by atoms with E-state index < -0.39 is 0 Å². The fraction of sp³-hybridized carbons (Fsp3) is 0.571. The van der Waals surface area contributed by atoms with Crippen LogP contribution in [0.25, 0.3) is 0 Å². The summed E-state index contributed by atoms with van der Waals surface area (Å²) in [5.41, 5.74) is 4.58. The fourth-order valence-corrected chi connectivity index (χ4v) is 2.47. The zero-order chi connectivity index (χ0) is 10.8. The molecule has 1 aromatic carbocycles.